The number of amides is 1. The average Bonchev–Trinajstić information content (AvgIpc) is 2.58. The monoisotopic (exact) mass is 439 g/mol. The van der Waals surface area contributed by atoms with Crippen molar-refractivity contribution in [1.82, 2.24) is 0 Å². The number of nitrogens with zero attached hydrogens (tertiary/aromatic N) is 2. The predicted octanol–water partition coefficient (Wildman–Crippen LogP) is 0.347. The molecule has 1 aliphatic rings. The summed E-state index contributed by atoms with van der Waals surface area (Å²) in [5.41, 5.74) is 16.5. The Morgan fingerprint density at radius 1 is 1.23 bits per heavy atom. The van der Waals surface area contributed by atoms with Crippen molar-refractivity contribution in [3.8, 4) is 0 Å². The molecule has 1 aromatic carbocycles. The third-order valence-electron chi connectivity index (χ3n) is 4.54. The van der Waals surface area contributed by atoms with Crippen molar-refractivity contribution in [2.75, 3.05) is 17.7 Å². The van der Waals surface area contributed by atoms with Crippen LogP contribution >= 0.6 is 0 Å². The zero-order chi connectivity index (χ0) is 22.9. The number of carbonyl (C=O) groups excluding carboxylic acids is 2. The lowest BCUT2D eigenvalue weighted by atomic mass is 9.94. The number of esters is 1. The predicted molar refractivity (Wildman–Crippen MR) is 114 cm³/mol. The summed E-state index contributed by atoms with van der Waals surface area (Å²) in [5.74, 6) is -1.95. The van der Waals surface area contributed by atoms with Crippen LogP contribution in [0.25, 0.3) is 0 Å². The second-order valence-electron chi connectivity index (χ2n) is 8.31. The van der Waals surface area contributed by atoms with Gasteiger partial charge in [0.15, 0.2) is 15.8 Å². The fourth-order valence-corrected chi connectivity index (χ4v) is 4.16. The van der Waals surface area contributed by atoms with Crippen LogP contribution in [-0.2, 0) is 19.4 Å². The van der Waals surface area contributed by atoms with Gasteiger partial charge in [-0.25, -0.2) is 8.42 Å². The number of aliphatic imine (C=N–C) groups is 1. The molecule has 0 aromatic heterocycles. The Hall–Kier alpha value is -2.66. The lowest BCUT2D eigenvalue weighted by Gasteiger charge is -2.39. The Kier molecular flexibility index (Phi) is 6.77. The van der Waals surface area contributed by atoms with E-state index in [9.17, 15) is 18.0 Å². The number of piperidine rings is 1. The maximum absolute atomic E-state index is 12.3. The van der Waals surface area contributed by atoms with Crippen LogP contribution in [0.15, 0.2) is 28.1 Å². The normalized spacial score (nSPS) is 19.8. The molecule has 1 heterocycles. The minimum atomic E-state index is -3.75. The summed E-state index contributed by atoms with van der Waals surface area (Å²) in [6.07, 6.45) is 1.33. The highest BCUT2D eigenvalue weighted by atomic mass is 32.2. The molecule has 11 heteroatoms. The molecule has 1 amide bonds. The van der Waals surface area contributed by atoms with Gasteiger partial charge in [0.25, 0.3) is 5.91 Å². The molecule has 30 heavy (non-hydrogen) atoms. The molecule has 0 radical (unpaired) electrons. The number of anilines is 1. The van der Waals surface area contributed by atoms with Crippen LogP contribution in [0.4, 0.5) is 5.69 Å². The van der Waals surface area contributed by atoms with Crippen LogP contribution in [0, 0.1) is 5.92 Å². The Morgan fingerprint density at radius 2 is 1.87 bits per heavy atom. The molecule has 6 N–H and O–H groups in total. The van der Waals surface area contributed by atoms with E-state index in [-0.39, 0.29) is 22.3 Å². The molecule has 0 aliphatic carbocycles. The molecule has 166 valence electrons. The fourth-order valence-electron chi connectivity index (χ4n) is 3.27. The highest BCUT2D eigenvalue weighted by Crippen LogP contribution is 2.31. The maximum Gasteiger partial charge on any atom is 0.309 e. The summed E-state index contributed by atoms with van der Waals surface area (Å²) < 4.78 is 30.0. The van der Waals surface area contributed by atoms with Gasteiger partial charge in [-0.1, -0.05) is 0 Å². The van der Waals surface area contributed by atoms with E-state index < -0.39 is 33.5 Å². The van der Waals surface area contributed by atoms with Crippen molar-refractivity contribution >= 4 is 33.4 Å². The number of benzene rings is 1. The van der Waals surface area contributed by atoms with Gasteiger partial charge in [-0.3, -0.25) is 9.59 Å². The molecule has 0 spiro atoms. The minimum absolute atomic E-state index is 0.133. The topological polar surface area (TPSA) is 171 Å². The smallest absolute Gasteiger partial charge is 0.309 e. The summed E-state index contributed by atoms with van der Waals surface area (Å²) in [6.45, 7) is 5.84. The number of sulfone groups is 1. The fraction of sp³-hybridized carbons (Fsp3) is 0.526. The highest BCUT2D eigenvalue weighted by molar-refractivity contribution is 7.90. The van der Waals surface area contributed by atoms with Gasteiger partial charge in [0.1, 0.15) is 5.60 Å². The van der Waals surface area contributed by atoms with E-state index in [0.29, 0.717) is 25.1 Å². The molecule has 1 aliphatic heterocycles. The molecule has 2 rings (SSSR count). The van der Waals surface area contributed by atoms with Gasteiger partial charge in [0.05, 0.1) is 22.5 Å². The summed E-state index contributed by atoms with van der Waals surface area (Å²) in [4.78, 5) is 29.6. The molecular formula is C19H29N5O5S. The maximum atomic E-state index is 12.3. The first-order chi connectivity index (χ1) is 13.7. The van der Waals surface area contributed by atoms with E-state index in [1.54, 1.807) is 31.7 Å². The highest BCUT2D eigenvalue weighted by Gasteiger charge is 2.34. The first-order valence-corrected chi connectivity index (χ1v) is 11.3. The van der Waals surface area contributed by atoms with Crippen molar-refractivity contribution < 1.29 is 22.7 Å². The summed E-state index contributed by atoms with van der Waals surface area (Å²) in [6, 6.07) is 4.31. The van der Waals surface area contributed by atoms with E-state index in [0.717, 1.165) is 6.26 Å². The summed E-state index contributed by atoms with van der Waals surface area (Å²) in [5, 5.41) is 0. The third kappa shape index (κ3) is 5.92. The first kappa shape index (κ1) is 23.6. The van der Waals surface area contributed by atoms with Crippen LogP contribution in [0.1, 0.15) is 44.0 Å². The van der Waals surface area contributed by atoms with E-state index in [1.807, 2.05) is 0 Å². The molecule has 2 atom stereocenters. The minimum Gasteiger partial charge on any atom is -0.460 e. The zero-order valence-electron chi connectivity index (χ0n) is 17.6. The van der Waals surface area contributed by atoms with E-state index in [2.05, 4.69) is 4.99 Å². The van der Waals surface area contributed by atoms with E-state index in [1.165, 1.54) is 12.1 Å². The van der Waals surface area contributed by atoms with Crippen LogP contribution in [-0.4, -0.2) is 50.8 Å². The summed E-state index contributed by atoms with van der Waals surface area (Å²) in [7, 11) is -3.75. The number of ether oxygens (including phenoxy) is 1. The SMILES string of the molecule is CC(C)(C)OC(=O)C1CCN(c2ccc(C(=O)N=C(N)N)c(S(C)(=O)=O)c2)C(N)C1. The largest absolute Gasteiger partial charge is 0.460 e. The second-order valence-corrected chi connectivity index (χ2v) is 10.3. The van der Waals surface area contributed by atoms with Crippen molar-refractivity contribution in [1.29, 1.82) is 0 Å². The number of carbonyl (C=O) groups is 2. The summed E-state index contributed by atoms with van der Waals surface area (Å²) >= 11 is 0. The Balaban J connectivity index is 2.29. The van der Waals surface area contributed by atoms with Crippen molar-refractivity contribution in [2.45, 2.75) is 50.3 Å². The van der Waals surface area contributed by atoms with Gasteiger partial charge in [-0.05, 0) is 51.8 Å². The number of guanidine groups is 1. The number of hydrogen-bond acceptors (Lipinski definition) is 7. The molecule has 10 nitrogen and oxygen atoms in total. The van der Waals surface area contributed by atoms with Gasteiger partial charge in [0, 0.05) is 18.5 Å². The quantitative estimate of drug-likeness (QED) is 0.340. The molecule has 2 unspecified atom stereocenters. The van der Waals surface area contributed by atoms with Gasteiger partial charge < -0.3 is 26.8 Å². The van der Waals surface area contributed by atoms with E-state index >= 15 is 0 Å². The van der Waals surface area contributed by atoms with Gasteiger partial charge >= 0.3 is 5.97 Å². The molecular weight excluding hydrogens is 410 g/mol. The molecule has 0 bridgehead atoms. The number of rotatable bonds is 4. The zero-order valence-corrected chi connectivity index (χ0v) is 18.4. The Labute approximate surface area is 176 Å². The van der Waals surface area contributed by atoms with E-state index in [4.69, 9.17) is 21.9 Å². The standard InChI is InChI=1S/C19H29N5O5S/c1-19(2,3)29-17(26)11-7-8-24(15(20)9-11)12-5-6-13(16(25)23-18(21)22)14(10-12)30(4,27)28/h5-6,10-11,15H,7-9,20H2,1-4H3,(H4,21,22,23,25). The van der Waals surface area contributed by atoms with Crippen molar-refractivity contribution in [3.05, 3.63) is 23.8 Å². The molecule has 0 saturated carbocycles. The van der Waals surface area contributed by atoms with Crippen LogP contribution in [0.3, 0.4) is 0 Å². The second kappa shape index (κ2) is 8.60. The Bertz CT molecular complexity index is 964. The number of nitrogens with two attached hydrogens (primary N) is 3. The third-order valence-corrected chi connectivity index (χ3v) is 5.68. The Morgan fingerprint density at radius 3 is 2.37 bits per heavy atom. The van der Waals surface area contributed by atoms with Crippen LogP contribution in [0.2, 0.25) is 0 Å². The van der Waals surface area contributed by atoms with Gasteiger partial charge in [-0.2, -0.15) is 4.99 Å². The molecule has 1 aromatic rings. The lowest BCUT2D eigenvalue weighted by molar-refractivity contribution is -0.161. The van der Waals surface area contributed by atoms with Gasteiger partial charge in [0.2, 0.25) is 0 Å². The molecule has 1 fully saturated rings. The van der Waals surface area contributed by atoms with Crippen LogP contribution < -0.4 is 22.1 Å². The van der Waals surface area contributed by atoms with Crippen molar-refractivity contribution in [2.24, 2.45) is 28.1 Å². The van der Waals surface area contributed by atoms with Gasteiger partial charge in [-0.15, -0.1) is 0 Å². The molecule has 1 saturated heterocycles. The van der Waals surface area contributed by atoms with Crippen molar-refractivity contribution in [3.63, 3.8) is 0 Å². The van der Waals surface area contributed by atoms with Crippen LogP contribution in [0.5, 0.6) is 0 Å². The number of hydrogen-bond donors (Lipinski definition) is 3. The first-order valence-electron chi connectivity index (χ1n) is 9.42. The average molecular weight is 440 g/mol. The lowest BCUT2D eigenvalue weighted by Crippen LogP contribution is -2.50.